The topological polar surface area (TPSA) is 41.6 Å². The minimum Gasteiger partial charge on any atom is -0.459 e. The molecule has 0 spiro atoms. The number of nitrogens with one attached hydrogen (secondary N) is 1. The maximum atomic E-state index is 11.8. The molecule has 1 unspecified atom stereocenters. The highest BCUT2D eigenvalue weighted by Crippen LogP contribution is 2.12. The lowest BCUT2D eigenvalue weighted by Crippen LogP contribution is -2.42. The largest absolute Gasteiger partial charge is 0.459 e. The third-order valence-corrected chi connectivity index (χ3v) is 2.81. The normalized spacial score (nSPS) is 20.9. The Bertz CT molecular complexity index is 242. The Balaban J connectivity index is 2.45. The van der Waals surface area contributed by atoms with Crippen LogP contribution >= 0.6 is 0 Å². The van der Waals surface area contributed by atoms with Gasteiger partial charge in [0.15, 0.2) is 0 Å². The zero-order valence-electron chi connectivity index (χ0n) is 11.6. The molecule has 4 nitrogen and oxygen atoms in total. The summed E-state index contributed by atoms with van der Waals surface area (Å²) >= 11 is 0. The van der Waals surface area contributed by atoms with E-state index in [0.717, 1.165) is 32.5 Å². The van der Waals surface area contributed by atoms with Crippen molar-refractivity contribution in [1.82, 2.24) is 10.2 Å². The molecule has 1 heterocycles. The van der Waals surface area contributed by atoms with Crippen molar-refractivity contribution in [2.45, 2.75) is 52.2 Å². The van der Waals surface area contributed by atoms with Gasteiger partial charge in [-0.3, -0.25) is 9.69 Å². The van der Waals surface area contributed by atoms with Crippen LogP contribution in [0.1, 0.15) is 40.5 Å². The maximum absolute atomic E-state index is 11.8. The van der Waals surface area contributed by atoms with E-state index in [1.54, 1.807) is 0 Å². The molecule has 1 saturated heterocycles. The second-order valence-corrected chi connectivity index (χ2v) is 5.70. The molecule has 1 aliphatic rings. The van der Waals surface area contributed by atoms with E-state index in [1.165, 1.54) is 0 Å². The van der Waals surface area contributed by atoms with Crippen molar-refractivity contribution in [3.05, 3.63) is 0 Å². The minimum absolute atomic E-state index is 0.113. The summed E-state index contributed by atoms with van der Waals surface area (Å²) in [6, 6.07) is 0.488. The van der Waals surface area contributed by atoms with Crippen LogP contribution in [0.25, 0.3) is 0 Å². The van der Waals surface area contributed by atoms with E-state index >= 15 is 0 Å². The molecule has 0 bridgehead atoms. The Morgan fingerprint density at radius 2 is 2.18 bits per heavy atom. The number of carbonyl (C=O) groups excluding carboxylic acids is 1. The van der Waals surface area contributed by atoms with Gasteiger partial charge in [0.05, 0.1) is 6.54 Å². The highest BCUT2D eigenvalue weighted by atomic mass is 16.6. The van der Waals surface area contributed by atoms with Crippen LogP contribution < -0.4 is 5.32 Å². The second kappa shape index (κ2) is 6.36. The van der Waals surface area contributed by atoms with Crippen LogP contribution in [-0.2, 0) is 9.53 Å². The number of nitrogens with zero attached hydrogens (tertiary/aromatic N) is 1. The fourth-order valence-electron chi connectivity index (χ4n) is 2.17. The lowest BCUT2D eigenvalue weighted by atomic mass is 10.2. The van der Waals surface area contributed by atoms with Gasteiger partial charge in [0.1, 0.15) is 5.60 Å². The molecule has 0 saturated carbocycles. The molecular formula is C13H26N2O2. The Morgan fingerprint density at radius 1 is 1.47 bits per heavy atom. The molecule has 0 aromatic rings. The summed E-state index contributed by atoms with van der Waals surface area (Å²) in [5, 5.41) is 3.34. The lowest BCUT2D eigenvalue weighted by Gasteiger charge is -2.28. The number of hydrogen-bond acceptors (Lipinski definition) is 4. The number of esters is 1. The first-order chi connectivity index (χ1) is 7.92. The standard InChI is InChI=1S/C13H26N2O2/c1-5-8-15(11-6-7-14-9-11)10-12(16)17-13(2,3)4/h11,14H,5-10H2,1-4H3. The van der Waals surface area contributed by atoms with Crippen molar-refractivity contribution in [2.75, 3.05) is 26.2 Å². The molecule has 0 amide bonds. The molecule has 1 atom stereocenters. The van der Waals surface area contributed by atoms with Crippen LogP contribution in [0.4, 0.5) is 0 Å². The van der Waals surface area contributed by atoms with Gasteiger partial charge < -0.3 is 10.1 Å². The molecular weight excluding hydrogens is 216 g/mol. The molecule has 100 valence electrons. The molecule has 1 rings (SSSR count). The summed E-state index contributed by atoms with van der Waals surface area (Å²) in [5.41, 5.74) is -0.386. The zero-order chi connectivity index (χ0) is 12.9. The average molecular weight is 242 g/mol. The fraction of sp³-hybridized carbons (Fsp3) is 0.923. The van der Waals surface area contributed by atoms with Gasteiger partial charge in [0.2, 0.25) is 0 Å². The SMILES string of the molecule is CCCN(CC(=O)OC(C)(C)C)C1CCNC1. The first-order valence-corrected chi connectivity index (χ1v) is 6.59. The summed E-state index contributed by atoms with van der Waals surface area (Å²) < 4.78 is 5.37. The lowest BCUT2D eigenvalue weighted by molar-refractivity contribution is -0.156. The molecule has 0 aromatic carbocycles. The fourth-order valence-corrected chi connectivity index (χ4v) is 2.17. The van der Waals surface area contributed by atoms with Crippen LogP contribution in [0.2, 0.25) is 0 Å². The van der Waals surface area contributed by atoms with Gasteiger partial charge in [-0.25, -0.2) is 0 Å². The number of ether oxygens (including phenoxy) is 1. The van der Waals surface area contributed by atoms with E-state index < -0.39 is 0 Å². The van der Waals surface area contributed by atoms with E-state index in [2.05, 4.69) is 17.1 Å². The molecule has 0 aliphatic carbocycles. The first-order valence-electron chi connectivity index (χ1n) is 6.59. The van der Waals surface area contributed by atoms with Crippen molar-refractivity contribution >= 4 is 5.97 Å². The van der Waals surface area contributed by atoms with Gasteiger partial charge >= 0.3 is 5.97 Å². The van der Waals surface area contributed by atoms with Gasteiger partial charge in [0.25, 0.3) is 0 Å². The minimum atomic E-state index is -0.386. The Labute approximate surface area is 105 Å². The van der Waals surface area contributed by atoms with E-state index in [-0.39, 0.29) is 11.6 Å². The third-order valence-electron chi connectivity index (χ3n) is 2.81. The van der Waals surface area contributed by atoms with Crippen LogP contribution in [0.3, 0.4) is 0 Å². The van der Waals surface area contributed by atoms with Crippen LogP contribution in [0, 0.1) is 0 Å². The molecule has 1 N–H and O–H groups in total. The van der Waals surface area contributed by atoms with Gasteiger partial charge in [0, 0.05) is 12.6 Å². The maximum Gasteiger partial charge on any atom is 0.320 e. The first kappa shape index (κ1) is 14.5. The Kier molecular flexibility index (Phi) is 5.40. The molecule has 4 heteroatoms. The van der Waals surface area contributed by atoms with Crippen molar-refractivity contribution in [1.29, 1.82) is 0 Å². The van der Waals surface area contributed by atoms with Crippen LogP contribution in [0.15, 0.2) is 0 Å². The van der Waals surface area contributed by atoms with E-state index in [9.17, 15) is 4.79 Å². The number of rotatable bonds is 5. The Morgan fingerprint density at radius 3 is 2.65 bits per heavy atom. The predicted octanol–water partition coefficient (Wildman–Crippen LogP) is 1.40. The van der Waals surface area contributed by atoms with Gasteiger partial charge in [-0.2, -0.15) is 0 Å². The van der Waals surface area contributed by atoms with Gasteiger partial charge in [-0.05, 0) is 46.7 Å². The van der Waals surface area contributed by atoms with Gasteiger partial charge in [-0.1, -0.05) is 6.92 Å². The molecule has 17 heavy (non-hydrogen) atoms. The monoisotopic (exact) mass is 242 g/mol. The highest BCUT2D eigenvalue weighted by molar-refractivity contribution is 5.72. The highest BCUT2D eigenvalue weighted by Gasteiger charge is 2.25. The van der Waals surface area contributed by atoms with Crippen LogP contribution in [0.5, 0.6) is 0 Å². The molecule has 1 fully saturated rings. The van der Waals surface area contributed by atoms with E-state index in [4.69, 9.17) is 4.74 Å². The average Bonchev–Trinajstić information content (AvgIpc) is 2.66. The summed E-state index contributed by atoms with van der Waals surface area (Å²) in [7, 11) is 0. The predicted molar refractivity (Wildman–Crippen MR) is 69.0 cm³/mol. The van der Waals surface area contributed by atoms with E-state index in [1.807, 2.05) is 20.8 Å². The van der Waals surface area contributed by atoms with Crippen LogP contribution in [-0.4, -0.2) is 48.7 Å². The number of carbonyl (C=O) groups is 1. The molecule has 1 aliphatic heterocycles. The van der Waals surface area contributed by atoms with Crippen molar-refractivity contribution in [3.63, 3.8) is 0 Å². The summed E-state index contributed by atoms with van der Waals surface area (Å²) in [6.07, 6.45) is 2.20. The van der Waals surface area contributed by atoms with Crippen molar-refractivity contribution in [2.24, 2.45) is 0 Å². The summed E-state index contributed by atoms with van der Waals surface area (Å²) in [6.45, 7) is 11.3. The Hall–Kier alpha value is -0.610. The summed E-state index contributed by atoms with van der Waals surface area (Å²) in [4.78, 5) is 14.1. The van der Waals surface area contributed by atoms with Gasteiger partial charge in [-0.15, -0.1) is 0 Å². The zero-order valence-corrected chi connectivity index (χ0v) is 11.6. The number of hydrogen-bond donors (Lipinski definition) is 1. The molecule has 0 radical (unpaired) electrons. The second-order valence-electron chi connectivity index (χ2n) is 5.70. The van der Waals surface area contributed by atoms with Crippen molar-refractivity contribution in [3.8, 4) is 0 Å². The molecule has 0 aromatic heterocycles. The summed E-state index contributed by atoms with van der Waals surface area (Å²) in [5.74, 6) is -0.113. The smallest absolute Gasteiger partial charge is 0.320 e. The van der Waals surface area contributed by atoms with Crippen molar-refractivity contribution < 1.29 is 9.53 Å². The van der Waals surface area contributed by atoms with E-state index in [0.29, 0.717) is 12.6 Å². The third kappa shape index (κ3) is 5.50. The quantitative estimate of drug-likeness (QED) is 0.740.